The van der Waals surface area contributed by atoms with Gasteiger partial charge in [-0.1, -0.05) is 0 Å². The van der Waals surface area contributed by atoms with Crippen LogP contribution in [0.15, 0.2) is 16.7 Å². The van der Waals surface area contributed by atoms with E-state index in [0.717, 1.165) is 17.3 Å². The molecule has 0 saturated heterocycles. The average Bonchev–Trinajstić information content (AvgIpc) is 3.26. The molecule has 0 unspecified atom stereocenters. The summed E-state index contributed by atoms with van der Waals surface area (Å²) >= 11 is 3.36. The molecule has 1 saturated carbocycles. The lowest BCUT2D eigenvalue weighted by Crippen LogP contribution is -2.34. The standard InChI is InChI=1S/C14H17BrN4O/c1-2-17-13-12(8-10(15)9-18-13)14(20)19(7-3-6-16)11-4-5-11/h8-9,11H,2-5,7H2,1H3,(H,17,18). The van der Waals surface area contributed by atoms with Crippen LogP contribution >= 0.6 is 15.9 Å². The maximum atomic E-state index is 12.7. The van der Waals surface area contributed by atoms with Crippen molar-refractivity contribution in [2.45, 2.75) is 32.2 Å². The molecule has 1 aromatic rings. The molecule has 20 heavy (non-hydrogen) atoms. The van der Waals surface area contributed by atoms with E-state index in [1.54, 1.807) is 17.2 Å². The van der Waals surface area contributed by atoms with Gasteiger partial charge in [0.25, 0.3) is 5.91 Å². The van der Waals surface area contributed by atoms with Crippen LogP contribution in [-0.2, 0) is 0 Å². The molecule has 0 aliphatic heterocycles. The molecule has 1 aliphatic carbocycles. The number of amides is 1. The third kappa shape index (κ3) is 3.48. The molecule has 0 atom stereocenters. The number of nitriles is 1. The van der Waals surface area contributed by atoms with Crippen molar-refractivity contribution >= 4 is 27.7 Å². The maximum absolute atomic E-state index is 12.7. The van der Waals surface area contributed by atoms with Crippen molar-refractivity contribution in [1.82, 2.24) is 9.88 Å². The number of rotatable bonds is 6. The van der Waals surface area contributed by atoms with Crippen LogP contribution in [0.2, 0.25) is 0 Å². The minimum absolute atomic E-state index is 0.0486. The second-order valence-corrected chi connectivity index (χ2v) is 5.63. The number of nitrogens with one attached hydrogen (secondary N) is 1. The van der Waals surface area contributed by atoms with Gasteiger partial charge in [0.2, 0.25) is 0 Å². The van der Waals surface area contributed by atoms with E-state index in [1.807, 2.05) is 6.92 Å². The zero-order valence-electron chi connectivity index (χ0n) is 11.4. The third-order valence-electron chi connectivity index (χ3n) is 3.14. The van der Waals surface area contributed by atoms with Crippen molar-refractivity contribution in [2.75, 3.05) is 18.4 Å². The lowest BCUT2D eigenvalue weighted by Gasteiger charge is -2.22. The number of halogens is 1. The molecule has 1 fully saturated rings. The molecule has 1 aromatic heterocycles. The summed E-state index contributed by atoms with van der Waals surface area (Å²) in [6.45, 7) is 3.15. The summed E-state index contributed by atoms with van der Waals surface area (Å²) in [5.74, 6) is 0.552. The molecule has 0 spiro atoms. The van der Waals surface area contributed by atoms with Gasteiger partial charge in [-0.2, -0.15) is 5.26 Å². The van der Waals surface area contributed by atoms with Crippen LogP contribution in [0.1, 0.15) is 36.5 Å². The second-order valence-electron chi connectivity index (χ2n) is 4.72. The monoisotopic (exact) mass is 336 g/mol. The molecular formula is C14H17BrN4O. The average molecular weight is 337 g/mol. The van der Waals surface area contributed by atoms with Crippen LogP contribution in [0.25, 0.3) is 0 Å². The molecule has 1 amide bonds. The first-order chi connectivity index (χ1) is 9.67. The van der Waals surface area contributed by atoms with Crippen LogP contribution in [0, 0.1) is 11.3 Å². The molecule has 1 aliphatic rings. The van der Waals surface area contributed by atoms with Gasteiger partial charge < -0.3 is 10.2 Å². The summed E-state index contributed by atoms with van der Waals surface area (Å²) in [7, 11) is 0. The Morgan fingerprint density at radius 3 is 3.00 bits per heavy atom. The molecule has 1 N–H and O–H groups in total. The molecule has 0 bridgehead atoms. The Hall–Kier alpha value is -1.61. The van der Waals surface area contributed by atoms with Gasteiger partial charge in [-0.15, -0.1) is 0 Å². The van der Waals surface area contributed by atoms with Gasteiger partial charge in [0, 0.05) is 29.8 Å². The maximum Gasteiger partial charge on any atom is 0.257 e. The third-order valence-corrected chi connectivity index (χ3v) is 3.58. The molecule has 2 rings (SSSR count). The van der Waals surface area contributed by atoms with Gasteiger partial charge >= 0.3 is 0 Å². The van der Waals surface area contributed by atoms with Crippen molar-refractivity contribution in [3.05, 3.63) is 22.3 Å². The van der Waals surface area contributed by atoms with Crippen LogP contribution < -0.4 is 5.32 Å². The predicted molar refractivity (Wildman–Crippen MR) is 80.4 cm³/mol. The van der Waals surface area contributed by atoms with Crippen molar-refractivity contribution in [1.29, 1.82) is 5.26 Å². The van der Waals surface area contributed by atoms with Gasteiger partial charge in [-0.05, 0) is 41.8 Å². The SMILES string of the molecule is CCNc1ncc(Br)cc1C(=O)N(CCC#N)C1CC1. The second kappa shape index (κ2) is 6.71. The minimum Gasteiger partial charge on any atom is -0.370 e. The lowest BCUT2D eigenvalue weighted by molar-refractivity contribution is 0.0747. The van der Waals surface area contributed by atoms with E-state index in [1.165, 1.54) is 0 Å². The summed E-state index contributed by atoms with van der Waals surface area (Å²) in [4.78, 5) is 18.8. The van der Waals surface area contributed by atoms with E-state index in [-0.39, 0.29) is 11.9 Å². The Bertz CT molecular complexity index is 536. The number of hydrogen-bond donors (Lipinski definition) is 1. The first-order valence-corrected chi connectivity index (χ1v) is 7.54. The topological polar surface area (TPSA) is 69.0 Å². The van der Waals surface area contributed by atoms with Crippen LogP contribution in [0.4, 0.5) is 5.82 Å². The van der Waals surface area contributed by atoms with E-state index >= 15 is 0 Å². The van der Waals surface area contributed by atoms with E-state index < -0.39 is 0 Å². The molecule has 0 aromatic carbocycles. The number of nitrogens with zero attached hydrogens (tertiary/aromatic N) is 3. The first-order valence-electron chi connectivity index (χ1n) is 6.74. The Morgan fingerprint density at radius 2 is 2.40 bits per heavy atom. The smallest absolute Gasteiger partial charge is 0.257 e. The van der Waals surface area contributed by atoms with Gasteiger partial charge in [-0.25, -0.2) is 4.98 Å². The number of hydrogen-bond acceptors (Lipinski definition) is 4. The van der Waals surface area contributed by atoms with Gasteiger partial charge in [-0.3, -0.25) is 4.79 Å². The van der Waals surface area contributed by atoms with Gasteiger partial charge in [0.1, 0.15) is 5.82 Å². The zero-order chi connectivity index (χ0) is 14.5. The fourth-order valence-corrected chi connectivity index (χ4v) is 2.40. The highest BCUT2D eigenvalue weighted by molar-refractivity contribution is 9.10. The fraction of sp³-hybridized carbons (Fsp3) is 0.500. The Morgan fingerprint density at radius 1 is 1.65 bits per heavy atom. The van der Waals surface area contributed by atoms with E-state index in [0.29, 0.717) is 30.9 Å². The highest BCUT2D eigenvalue weighted by Crippen LogP contribution is 2.30. The normalized spacial score (nSPS) is 13.7. The quantitative estimate of drug-likeness (QED) is 0.867. The Labute approximate surface area is 127 Å². The lowest BCUT2D eigenvalue weighted by atomic mass is 10.2. The van der Waals surface area contributed by atoms with Crippen molar-refractivity contribution in [3.63, 3.8) is 0 Å². The molecular weight excluding hydrogens is 320 g/mol. The van der Waals surface area contributed by atoms with E-state index in [9.17, 15) is 4.79 Å². The molecule has 106 valence electrons. The van der Waals surface area contributed by atoms with Crippen LogP contribution in [-0.4, -0.2) is 34.9 Å². The van der Waals surface area contributed by atoms with Crippen molar-refractivity contribution < 1.29 is 4.79 Å². The number of pyridine rings is 1. The molecule has 6 heteroatoms. The minimum atomic E-state index is -0.0486. The molecule has 0 radical (unpaired) electrons. The first kappa shape index (κ1) is 14.8. The van der Waals surface area contributed by atoms with Crippen LogP contribution in [0.5, 0.6) is 0 Å². The zero-order valence-corrected chi connectivity index (χ0v) is 13.0. The van der Waals surface area contributed by atoms with Crippen molar-refractivity contribution in [3.8, 4) is 6.07 Å². The Balaban J connectivity index is 2.25. The van der Waals surface area contributed by atoms with E-state index in [4.69, 9.17) is 5.26 Å². The molecule has 1 heterocycles. The summed E-state index contributed by atoms with van der Waals surface area (Å²) in [6, 6.07) is 4.17. The predicted octanol–water partition coefficient (Wildman–Crippen LogP) is 2.79. The van der Waals surface area contributed by atoms with E-state index in [2.05, 4.69) is 32.3 Å². The number of anilines is 1. The van der Waals surface area contributed by atoms with Gasteiger partial charge in [0.15, 0.2) is 0 Å². The summed E-state index contributed by atoms with van der Waals surface area (Å²) in [5, 5.41) is 11.8. The number of aromatic nitrogens is 1. The van der Waals surface area contributed by atoms with Gasteiger partial charge in [0.05, 0.1) is 18.1 Å². The highest BCUT2D eigenvalue weighted by Gasteiger charge is 2.33. The summed E-state index contributed by atoms with van der Waals surface area (Å²) < 4.78 is 0.776. The van der Waals surface area contributed by atoms with Crippen molar-refractivity contribution in [2.24, 2.45) is 0 Å². The fourth-order valence-electron chi connectivity index (χ4n) is 2.07. The van der Waals surface area contributed by atoms with Crippen LogP contribution in [0.3, 0.4) is 0 Å². The largest absolute Gasteiger partial charge is 0.370 e. The summed E-state index contributed by atoms with van der Waals surface area (Å²) in [6.07, 6.45) is 4.08. The summed E-state index contributed by atoms with van der Waals surface area (Å²) in [5.41, 5.74) is 0.561. The molecule has 5 nitrogen and oxygen atoms in total. The number of carbonyl (C=O) groups is 1. The number of carbonyl (C=O) groups excluding carboxylic acids is 1. The Kier molecular flexibility index (Phi) is 4.96. The highest BCUT2D eigenvalue weighted by atomic mass is 79.9.